The summed E-state index contributed by atoms with van der Waals surface area (Å²) in [4.78, 5) is 9.89. The van der Waals surface area contributed by atoms with Crippen molar-refractivity contribution in [3.05, 3.63) is 33.7 Å². The van der Waals surface area contributed by atoms with Crippen LogP contribution < -0.4 is 0 Å². The molecule has 0 unspecified atom stereocenters. The highest BCUT2D eigenvalue weighted by atomic mass is 35.5. The average Bonchev–Trinajstić information content (AvgIpc) is 2.94. The molecule has 0 saturated heterocycles. The maximum Gasteiger partial charge on any atom is 0.151 e. The standard InChI is InChI=1S/C15H23ClN4O/c1-5-6-7-14-17-13(15(16)18-14)9-20(4)8-12-10(2)19-21-11(12)3/h5-9H2,1-4H3,(H,17,18). The number of aryl methyl sites for hydroxylation is 3. The van der Waals surface area contributed by atoms with Crippen LogP contribution in [0, 0.1) is 13.8 Å². The molecule has 1 N–H and O–H groups in total. The Morgan fingerprint density at radius 1 is 1.29 bits per heavy atom. The number of unbranched alkanes of at least 4 members (excludes halogenated alkanes) is 1. The van der Waals surface area contributed by atoms with E-state index in [1.165, 1.54) is 0 Å². The van der Waals surface area contributed by atoms with Crippen molar-refractivity contribution in [3.63, 3.8) is 0 Å². The number of imidazole rings is 1. The molecule has 0 bridgehead atoms. The zero-order valence-corrected chi connectivity index (χ0v) is 13.9. The van der Waals surface area contributed by atoms with Gasteiger partial charge in [-0.25, -0.2) is 4.98 Å². The van der Waals surface area contributed by atoms with Gasteiger partial charge in [0.1, 0.15) is 11.6 Å². The minimum Gasteiger partial charge on any atom is -0.361 e. The third kappa shape index (κ3) is 4.08. The fourth-order valence-corrected chi connectivity index (χ4v) is 2.54. The molecule has 116 valence electrons. The molecule has 21 heavy (non-hydrogen) atoms. The summed E-state index contributed by atoms with van der Waals surface area (Å²) in [5, 5.41) is 4.56. The second kappa shape index (κ2) is 7.09. The van der Waals surface area contributed by atoms with Crippen molar-refractivity contribution in [2.24, 2.45) is 0 Å². The first-order chi connectivity index (χ1) is 10.0. The van der Waals surface area contributed by atoms with Crippen LogP contribution in [0.25, 0.3) is 0 Å². The molecule has 0 spiro atoms. The van der Waals surface area contributed by atoms with E-state index in [1.807, 2.05) is 13.8 Å². The van der Waals surface area contributed by atoms with E-state index in [9.17, 15) is 0 Å². The van der Waals surface area contributed by atoms with E-state index in [-0.39, 0.29) is 0 Å². The lowest BCUT2D eigenvalue weighted by atomic mass is 10.2. The maximum absolute atomic E-state index is 6.21. The Balaban J connectivity index is 1.99. The molecule has 2 heterocycles. The number of rotatable bonds is 7. The molecule has 0 aliphatic rings. The topological polar surface area (TPSA) is 58.0 Å². The van der Waals surface area contributed by atoms with Gasteiger partial charge in [-0.05, 0) is 27.3 Å². The molecule has 0 amide bonds. The zero-order chi connectivity index (χ0) is 15.4. The van der Waals surface area contributed by atoms with Gasteiger partial charge in [0.15, 0.2) is 5.15 Å². The molecule has 0 saturated carbocycles. The normalized spacial score (nSPS) is 11.5. The minimum atomic E-state index is 0.576. The van der Waals surface area contributed by atoms with Gasteiger partial charge in [-0.15, -0.1) is 0 Å². The summed E-state index contributed by atoms with van der Waals surface area (Å²) in [6.07, 6.45) is 3.22. The van der Waals surface area contributed by atoms with Crippen molar-refractivity contribution in [1.29, 1.82) is 0 Å². The summed E-state index contributed by atoms with van der Waals surface area (Å²) in [6, 6.07) is 0. The highest BCUT2D eigenvalue weighted by molar-refractivity contribution is 6.30. The molecule has 0 aliphatic carbocycles. The number of hydrogen-bond donors (Lipinski definition) is 1. The van der Waals surface area contributed by atoms with Crippen LogP contribution in [0.3, 0.4) is 0 Å². The lowest BCUT2D eigenvalue weighted by Crippen LogP contribution is -2.18. The number of aromatic nitrogens is 3. The van der Waals surface area contributed by atoms with Crippen molar-refractivity contribution < 1.29 is 4.52 Å². The molecule has 0 radical (unpaired) electrons. The van der Waals surface area contributed by atoms with Crippen LogP contribution in [0.4, 0.5) is 0 Å². The summed E-state index contributed by atoms with van der Waals surface area (Å²) in [5.41, 5.74) is 3.05. The number of aromatic amines is 1. The second-order valence-corrected chi connectivity index (χ2v) is 5.89. The van der Waals surface area contributed by atoms with Crippen LogP contribution in [0.5, 0.6) is 0 Å². The van der Waals surface area contributed by atoms with Crippen LogP contribution in [0.15, 0.2) is 4.52 Å². The average molecular weight is 311 g/mol. The summed E-state index contributed by atoms with van der Waals surface area (Å²) < 4.78 is 5.20. The Bertz CT molecular complexity index is 571. The Kier molecular flexibility index (Phi) is 5.42. The van der Waals surface area contributed by atoms with Gasteiger partial charge in [-0.3, -0.25) is 4.90 Å². The van der Waals surface area contributed by atoms with E-state index in [1.54, 1.807) is 0 Å². The van der Waals surface area contributed by atoms with E-state index in [4.69, 9.17) is 16.1 Å². The lowest BCUT2D eigenvalue weighted by Gasteiger charge is -2.15. The largest absolute Gasteiger partial charge is 0.361 e. The van der Waals surface area contributed by atoms with Crippen LogP contribution in [0.1, 0.15) is 48.3 Å². The predicted molar refractivity (Wildman–Crippen MR) is 83.4 cm³/mol. The summed E-state index contributed by atoms with van der Waals surface area (Å²) in [6.45, 7) is 7.58. The molecule has 2 rings (SSSR count). The quantitative estimate of drug-likeness (QED) is 0.848. The first-order valence-corrected chi connectivity index (χ1v) is 7.72. The van der Waals surface area contributed by atoms with Gasteiger partial charge < -0.3 is 9.51 Å². The number of H-pyrrole nitrogens is 1. The highest BCUT2D eigenvalue weighted by Gasteiger charge is 2.14. The second-order valence-electron chi connectivity index (χ2n) is 5.53. The molecule has 0 fully saturated rings. The van der Waals surface area contributed by atoms with Crippen molar-refractivity contribution in [2.75, 3.05) is 7.05 Å². The molecular weight excluding hydrogens is 288 g/mol. The Morgan fingerprint density at radius 3 is 2.67 bits per heavy atom. The zero-order valence-electron chi connectivity index (χ0n) is 13.2. The molecule has 0 aliphatic heterocycles. The number of halogens is 1. The highest BCUT2D eigenvalue weighted by Crippen LogP contribution is 2.19. The number of hydrogen-bond acceptors (Lipinski definition) is 4. The van der Waals surface area contributed by atoms with Crippen LogP contribution in [-0.4, -0.2) is 27.1 Å². The van der Waals surface area contributed by atoms with E-state index >= 15 is 0 Å². The minimum absolute atomic E-state index is 0.576. The van der Waals surface area contributed by atoms with Crippen molar-refractivity contribution >= 4 is 11.6 Å². The van der Waals surface area contributed by atoms with E-state index in [2.05, 4.69) is 34.0 Å². The van der Waals surface area contributed by atoms with Crippen molar-refractivity contribution in [3.8, 4) is 0 Å². The molecule has 2 aromatic rings. The molecule has 6 heteroatoms. The van der Waals surface area contributed by atoms with Gasteiger partial charge in [-0.2, -0.15) is 0 Å². The first-order valence-electron chi connectivity index (χ1n) is 7.34. The van der Waals surface area contributed by atoms with Gasteiger partial charge >= 0.3 is 0 Å². The van der Waals surface area contributed by atoms with E-state index in [0.717, 1.165) is 60.9 Å². The molecular formula is C15H23ClN4O. The van der Waals surface area contributed by atoms with Gasteiger partial charge in [0.2, 0.25) is 0 Å². The summed E-state index contributed by atoms with van der Waals surface area (Å²) in [5.74, 6) is 1.85. The third-order valence-electron chi connectivity index (χ3n) is 3.58. The van der Waals surface area contributed by atoms with Crippen LogP contribution >= 0.6 is 11.6 Å². The Morgan fingerprint density at radius 2 is 2.05 bits per heavy atom. The molecule has 0 atom stereocenters. The fraction of sp³-hybridized carbons (Fsp3) is 0.600. The molecule has 2 aromatic heterocycles. The van der Waals surface area contributed by atoms with Crippen LogP contribution in [-0.2, 0) is 19.5 Å². The SMILES string of the molecule is CCCCc1nc(Cl)c(CN(C)Cc2c(C)noc2C)[nH]1. The number of nitrogens with one attached hydrogen (secondary N) is 1. The van der Waals surface area contributed by atoms with E-state index < -0.39 is 0 Å². The monoisotopic (exact) mass is 310 g/mol. The Hall–Kier alpha value is -1.33. The van der Waals surface area contributed by atoms with Gasteiger partial charge in [0.25, 0.3) is 0 Å². The maximum atomic E-state index is 6.21. The summed E-state index contributed by atoms with van der Waals surface area (Å²) >= 11 is 6.21. The first kappa shape index (κ1) is 16.0. The number of nitrogens with zero attached hydrogens (tertiary/aromatic N) is 3. The Labute approximate surface area is 130 Å². The summed E-state index contributed by atoms with van der Waals surface area (Å²) in [7, 11) is 2.05. The van der Waals surface area contributed by atoms with E-state index in [0.29, 0.717) is 5.15 Å². The fourth-order valence-electron chi connectivity index (χ4n) is 2.33. The van der Waals surface area contributed by atoms with Gasteiger partial charge in [0.05, 0.1) is 11.4 Å². The van der Waals surface area contributed by atoms with Crippen molar-refractivity contribution in [2.45, 2.75) is 53.1 Å². The van der Waals surface area contributed by atoms with Crippen molar-refractivity contribution in [1.82, 2.24) is 20.0 Å². The smallest absolute Gasteiger partial charge is 0.151 e. The molecule has 5 nitrogen and oxygen atoms in total. The molecule has 0 aromatic carbocycles. The third-order valence-corrected chi connectivity index (χ3v) is 3.89. The predicted octanol–water partition coefficient (Wildman–Crippen LogP) is 3.64. The van der Waals surface area contributed by atoms with Gasteiger partial charge in [-0.1, -0.05) is 30.1 Å². The van der Waals surface area contributed by atoms with Gasteiger partial charge in [0, 0.05) is 25.1 Å². The lowest BCUT2D eigenvalue weighted by molar-refractivity contribution is 0.311. The van der Waals surface area contributed by atoms with Crippen LogP contribution in [0.2, 0.25) is 5.15 Å².